The second-order valence-corrected chi connectivity index (χ2v) is 6.52. The van der Waals surface area contributed by atoms with E-state index in [2.05, 4.69) is 21.7 Å². The van der Waals surface area contributed by atoms with E-state index >= 15 is 0 Å². The number of aryl methyl sites for hydroxylation is 1. The van der Waals surface area contributed by atoms with Gasteiger partial charge < -0.3 is 10.6 Å². The summed E-state index contributed by atoms with van der Waals surface area (Å²) in [4.78, 5) is 16.5. The lowest BCUT2D eigenvalue weighted by Crippen LogP contribution is -2.23. The van der Waals surface area contributed by atoms with Crippen LogP contribution in [0.2, 0.25) is 5.02 Å². The van der Waals surface area contributed by atoms with Crippen LogP contribution in [-0.2, 0) is 13.1 Å². The Morgan fingerprint density at radius 2 is 1.81 bits per heavy atom. The number of rotatable bonds is 6. The average Bonchev–Trinajstić information content (AvgIpc) is 2.66. The van der Waals surface area contributed by atoms with Gasteiger partial charge in [0.05, 0.1) is 0 Å². The number of amides is 1. The van der Waals surface area contributed by atoms with Crippen LogP contribution in [0.4, 0.5) is 5.69 Å². The summed E-state index contributed by atoms with van der Waals surface area (Å²) in [5, 5.41) is 6.91. The zero-order chi connectivity index (χ0) is 18.4. The molecular formula is C21H20ClN3O. The summed E-state index contributed by atoms with van der Waals surface area (Å²) in [5.41, 5.74) is 4.57. The van der Waals surface area contributed by atoms with E-state index in [1.807, 2.05) is 55.5 Å². The van der Waals surface area contributed by atoms with Crippen molar-refractivity contribution in [3.05, 3.63) is 94.3 Å². The molecule has 3 aromatic rings. The van der Waals surface area contributed by atoms with E-state index in [0.29, 0.717) is 23.8 Å². The molecule has 3 rings (SSSR count). The van der Waals surface area contributed by atoms with Crippen LogP contribution in [-0.4, -0.2) is 10.9 Å². The Labute approximate surface area is 158 Å². The molecule has 5 heteroatoms. The number of pyridine rings is 1. The van der Waals surface area contributed by atoms with E-state index in [0.717, 1.165) is 16.8 Å². The molecule has 0 aliphatic rings. The summed E-state index contributed by atoms with van der Waals surface area (Å²) in [6, 6.07) is 19.3. The zero-order valence-electron chi connectivity index (χ0n) is 14.5. The minimum Gasteiger partial charge on any atom is -0.381 e. The van der Waals surface area contributed by atoms with Crippen molar-refractivity contribution < 1.29 is 4.79 Å². The monoisotopic (exact) mass is 365 g/mol. The quantitative estimate of drug-likeness (QED) is 0.672. The number of carbonyl (C=O) groups is 1. The predicted molar refractivity (Wildman–Crippen MR) is 105 cm³/mol. The van der Waals surface area contributed by atoms with E-state index in [4.69, 9.17) is 11.6 Å². The van der Waals surface area contributed by atoms with E-state index in [9.17, 15) is 4.79 Å². The molecule has 1 aromatic heterocycles. The molecule has 0 fully saturated rings. The summed E-state index contributed by atoms with van der Waals surface area (Å²) in [7, 11) is 0. The molecular weight excluding hydrogens is 346 g/mol. The highest BCUT2D eigenvalue weighted by molar-refractivity contribution is 6.30. The first-order valence-corrected chi connectivity index (χ1v) is 8.76. The third-order valence-corrected chi connectivity index (χ3v) is 4.19. The van der Waals surface area contributed by atoms with Crippen molar-refractivity contribution in [3.63, 3.8) is 0 Å². The molecule has 0 saturated heterocycles. The molecule has 0 saturated carbocycles. The zero-order valence-corrected chi connectivity index (χ0v) is 15.3. The largest absolute Gasteiger partial charge is 0.381 e. The standard InChI is InChI=1S/C21H20ClN3O/c1-15-3-2-4-17(11-15)14-25-21(26)20-12-19(9-10-23-20)24-13-16-5-7-18(22)8-6-16/h2-12H,13-14H2,1H3,(H,23,24)(H,25,26). The predicted octanol–water partition coefficient (Wildman–Crippen LogP) is 4.59. The molecule has 0 radical (unpaired) electrons. The van der Waals surface area contributed by atoms with Crippen molar-refractivity contribution in [2.45, 2.75) is 20.0 Å². The molecule has 1 heterocycles. The smallest absolute Gasteiger partial charge is 0.270 e. The van der Waals surface area contributed by atoms with E-state index in [-0.39, 0.29) is 5.91 Å². The summed E-state index contributed by atoms with van der Waals surface area (Å²) < 4.78 is 0. The Morgan fingerprint density at radius 3 is 2.58 bits per heavy atom. The molecule has 0 bridgehead atoms. The van der Waals surface area contributed by atoms with Gasteiger partial charge in [0.2, 0.25) is 0 Å². The molecule has 26 heavy (non-hydrogen) atoms. The van der Waals surface area contributed by atoms with Crippen molar-refractivity contribution in [2.75, 3.05) is 5.32 Å². The van der Waals surface area contributed by atoms with Crippen molar-refractivity contribution in [2.24, 2.45) is 0 Å². The van der Waals surface area contributed by atoms with Crippen LogP contribution in [0.15, 0.2) is 66.9 Å². The van der Waals surface area contributed by atoms with Crippen molar-refractivity contribution in [1.82, 2.24) is 10.3 Å². The third-order valence-electron chi connectivity index (χ3n) is 3.94. The lowest BCUT2D eigenvalue weighted by atomic mass is 10.1. The first-order chi connectivity index (χ1) is 12.6. The van der Waals surface area contributed by atoms with Crippen molar-refractivity contribution in [3.8, 4) is 0 Å². The lowest BCUT2D eigenvalue weighted by molar-refractivity contribution is 0.0946. The van der Waals surface area contributed by atoms with Gasteiger partial charge in [0.25, 0.3) is 5.91 Å². The van der Waals surface area contributed by atoms with Crippen LogP contribution >= 0.6 is 11.6 Å². The summed E-state index contributed by atoms with van der Waals surface area (Å²) in [6.45, 7) is 3.15. The number of anilines is 1. The maximum Gasteiger partial charge on any atom is 0.270 e. The molecule has 1 amide bonds. The van der Waals surface area contributed by atoms with Gasteiger partial charge in [-0.2, -0.15) is 0 Å². The fraction of sp³-hybridized carbons (Fsp3) is 0.143. The number of benzene rings is 2. The molecule has 2 N–H and O–H groups in total. The lowest BCUT2D eigenvalue weighted by Gasteiger charge is -2.09. The Kier molecular flexibility index (Phi) is 5.87. The highest BCUT2D eigenvalue weighted by Gasteiger charge is 2.08. The van der Waals surface area contributed by atoms with Crippen LogP contribution < -0.4 is 10.6 Å². The van der Waals surface area contributed by atoms with Gasteiger partial charge in [0, 0.05) is 30.0 Å². The van der Waals surface area contributed by atoms with Gasteiger partial charge in [-0.1, -0.05) is 53.6 Å². The van der Waals surface area contributed by atoms with E-state index in [1.165, 1.54) is 5.56 Å². The fourth-order valence-electron chi connectivity index (χ4n) is 2.57. The van der Waals surface area contributed by atoms with E-state index in [1.54, 1.807) is 12.3 Å². The number of halogens is 1. The summed E-state index contributed by atoms with van der Waals surface area (Å²) in [5.74, 6) is -0.193. The number of aromatic nitrogens is 1. The van der Waals surface area contributed by atoms with Gasteiger partial charge in [-0.3, -0.25) is 9.78 Å². The fourth-order valence-corrected chi connectivity index (χ4v) is 2.69. The Bertz CT molecular complexity index is 894. The topological polar surface area (TPSA) is 54.0 Å². The molecule has 2 aromatic carbocycles. The number of carbonyl (C=O) groups excluding carboxylic acids is 1. The molecule has 0 unspecified atom stereocenters. The van der Waals surface area contributed by atoms with Crippen LogP contribution in [0.1, 0.15) is 27.2 Å². The number of hydrogen-bond acceptors (Lipinski definition) is 3. The Hall–Kier alpha value is -2.85. The van der Waals surface area contributed by atoms with Gasteiger partial charge in [-0.05, 0) is 42.3 Å². The SMILES string of the molecule is Cc1cccc(CNC(=O)c2cc(NCc3ccc(Cl)cc3)ccn2)c1. The maximum atomic E-state index is 12.4. The molecule has 4 nitrogen and oxygen atoms in total. The number of hydrogen-bond donors (Lipinski definition) is 2. The van der Waals surface area contributed by atoms with Gasteiger partial charge in [0.1, 0.15) is 5.69 Å². The highest BCUT2D eigenvalue weighted by atomic mass is 35.5. The second kappa shape index (κ2) is 8.50. The Morgan fingerprint density at radius 1 is 1.00 bits per heavy atom. The summed E-state index contributed by atoms with van der Waals surface area (Å²) in [6.07, 6.45) is 1.63. The Balaban J connectivity index is 1.59. The van der Waals surface area contributed by atoms with Gasteiger partial charge in [0.15, 0.2) is 0 Å². The molecule has 0 aliphatic carbocycles. The van der Waals surface area contributed by atoms with Crippen molar-refractivity contribution >= 4 is 23.2 Å². The maximum absolute atomic E-state index is 12.4. The second-order valence-electron chi connectivity index (χ2n) is 6.08. The van der Waals surface area contributed by atoms with Crippen LogP contribution in [0.5, 0.6) is 0 Å². The molecule has 0 aliphatic heterocycles. The van der Waals surface area contributed by atoms with Crippen LogP contribution in [0.3, 0.4) is 0 Å². The van der Waals surface area contributed by atoms with Crippen molar-refractivity contribution in [1.29, 1.82) is 0 Å². The van der Waals surface area contributed by atoms with Gasteiger partial charge >= 0.3 is 0 Å². The van der Waals surface area contributed by atoms with Gasteiger partial charge in [-0.25, -0.2) is 0 Å². The average molecular weight is 366 g/mol. The minimum atomic E-state index is -0.193. The first kappa shape index (κ1) is 18.0. The normalized spacial score (nSPS) is 10.4. The third kappa shape index (κ3) is 5.07. The minimum absolute atomic E-state index is 0.193. The van der Waals surface area contributed by atoms with E-state index < -0.39 is 0 Å². The first-order valence-electron chi connectivity index (χ1n) is 8.38. The highest BCUT2D eigenvalue weighted by Crippen LogP contribution is 2.13. The van der Waals surface area contributed by atoms with Gasteiger partial charge in [-0.15, -0.1) is 0 Å². The van der Waals surface area contributed by atoms with Crippen LogP contribution in [0, 0.1) is 6.92 Å². The number of nitrogens with zero attached hydrogens (tertiary/aromatic N) is 1. The molecule has 0 atom stereocenters. The molecule has 0 spiro atoms. The molecule has 132 valence electrons. The van der Waals surface area contributed by atoms with Crippen LogP contribution in [0.25, 0.3) is 0 Å². The summed E-state index contributed by atoms with van der Waals surface area (Å²) >= 11 is 5.89. The number of nitrogens with one attached hydrogen (secondary N) is 2.